The van der Waals surface area contributed by atoms with Crippen molar-refractivity contribution in [2.45, 2.75) is 38.9 Å². The number of benzene rings is 2. The molecule has 8 heteroatoms. The second-order valence-electron chi connectivity index (χ2n) is 10.2. The van der Waals surface area contributed by atoms with E-state index in [2.05, 4.69) is 48.9 Å². The molecular weight excluding hydrogens is 466 g/mol. The number of carbonyl (C=O) groups excluding carboxylic acids is 1. The van der Waals surface area contributed by atoms with Gasteiger partial charge in [-0.2, -0.15) is 0 Å². The molecule has 6 rings (SSSR count). The highest BCUT2D eigenvalue weighted by Gasteiger charge is 2.45. The number of hydrogen-bond acceptors (Lipinski definition) is 6. The number of carbonyl (C=O) groups is 1. The Balaban J connectivity index is 1.51. The quantitative estimate of drug-likeness (QED) is 0.438. The fourth-order valence-corrected chi connectivity index (χ4v) is 5.53. The summed E-state index contributed by atoms with van der Waals surface area (Å²) < 4.78 is 11.1. The van der Waals surface area contributed by atoms with E-state index in [0.29, 0.717) is 36.9 Å². The summed E-state index contributed by atoms with van der Waals surface area (Å²) in [5.41, 5.74) is 3.85. The number of ether oxygens (including phenoxy) is 2. The molecule has 0 aliphatic carbocycles. The van der Waals surface area contributed by atoms with Gasteiger partial charge in [-0.15, -0.1) is 0 Å². The third-order valence-corrected chi connectivity index (χ3v) is 7.59. The maximum atomic E-state index is 13.8. The van der Waals surface area contributed by atoms with Gasteiger partial charge in [0.25, 0.3) is 5.91 Å². The first-order valence-corrected chi connectivity index (χ1v) is 12.7. The molecule has 4 heterocycles. The molecule has 4 aromatic rings. The van der Waals surface area contributed by atoms with Crippen LogP contribution >= 0.6 is 0 Å². The van der Waals surface area contributed by atoms with Gasteiger partial charge in [-0.1, -0.05) is 18.2 Å². The van der Waals surface area contributed by atoms with Crippen LogP contribution in [0.5, 0.6) is 5.75 Å². The highest BCUT2D eigenvalue weighted by Crippen LogP contribution is 2.44. The van der Waals surface area contributed by atoms with Crippen molar-refractivity contribution in [1.29, 1.82) is 0 Å². The Kier molecular flexibility index (Phi) is 5.64. The van der Waals surface area contributed by atoms with Crippen LogP contribution in [0.15, 0.2) is 54.7 Å². The van der Waals surface area contributed by atoms with E-state index in [1.54, 1.807) is 13.2 Å². The van der Waals surface area contributed by atoms with Gasteiger partial charge in [0.05, 0.1) is 44.1 Å². The Morgan fingerprint density at radius 3 is 2.81 bits per heavy atom. The van der Waals surface area contributed by atoms with Crippen LogP contribution in [-0.2, 0) is 16.8 Å². The van der Waals surface area contributed by atoms with Crippen LogP contribution in [-0.4, -0.2) is 58.7 Å². The highest BCUT2D eigenvalue weighted by molar-refractivity contribution is 5.96. The molecule has 0 saturated carbocycles. The summed E-state index contributed by atoms with van der Waals surface area (Å²) in [5, 5.41) is 1.07. The normalized spacial score (nSPS) is 18.8. The summed E-state index contributed by atoms with van der Waals surface area (Å²) in [4.78, 5) is 31.6. The molecule has 1 amide bonds. The predicted octanol–water partition coefficient (Wildman–Crippen LogP) is 4.75. The number of methoxy groups -OCH3 is 1. The Bertz CT molecular complexity index is 1490. The number of aromatic nitrogens is 3. The van der Waals surface area contributed by atoms with Crippen molar-refractivity contribution >= 4 is 22.6 Å². The monoisotopic (exact) mass is 497 g/mol. The minimum Gasteiger partial charge on any atom is -0.497 e. The van der Waals surface area contributed by atoms with E-state index in [0.717, 1.165) is 40.1 Å². The van der Waals surface area contributed by atoms with E-state index in [4.69, 9.17) is 19.4 Å². The zero-order valence-electron chi connectivity index (χ0n) is 21.6. The number of rotatable bonds is 4. The number of nitrogens with zero attached hydrogens (tertiary/aromatic N) is 4. The number of anilines is 1. The summed E-state index contributed by atoms with van der Waals surface area (Å²) >= 11 is 0. The van der Waals surface area contributed by atoms with Crippen LogP contribution in [0, 0.1) is 0 Å². The van der Waals surface area contributed by atoms with E-state index < -0.39 is 5.54 Å². The van der Waals surface area contributed by atoms with Gasteiger partial charge in [0.2, 0.25) is 0 Å². The zero-order valence-corrected chi connectivity index (χ0v) is 21.6. The fourth-order valence-electron chi connectivity index (χ4n) is 5.53. The van der Waals surface area contributed by atoms with Gasteiger partial charge >= 0.3 is 0 Å². The molecular formula is C29H31N5O3. The standard InChI is InChI=1S/C29H31N5O3/c1-18-17-37-14-13-33(18)27-23-16-34(28(35)19-7-5-8-20(15-19)36-4)29(2,3)25(23)31-26(32-27)22-9-6-10-24-21(22)11-12-30-24/h5-12,15,18,30H,13-14,16-17H2,1-4H3/t18-/m1/s1. The van der Waals surface area contributed by atoms with Crippen LogP contribution in [0.4, 0.5) is 5.82 Å². The van der Waals surface area contributed by atoms with Gasteiger partial charge in [0.15, 0.2) is 5.82 Å². The average Bonchev–Trinajstić information content (AvgIpc) is 3.50. The summed E-state index contributed by atoms with van der Waals surface area (Å²) in [6, 6.07) is 15.7. The van der Waals surface area contributed by atoms with Gasteiger partial charge in [0.1, 0.15) is 11.6 Å². The first-order chi connectivity index (χ1) is 17.9. The Morgan fingerprint density at radius 1 is 1.16 bits per heavy atom. The van der Waals surface area contributed by atoms with Crippen LogP contribution in [0.3, 0.4) is 0 Å². The fraction of sp³-hybridized carbons (Fsp3) is 0.345. The third kappa shape index (κ3) is 3.83. The summed E-state index contributed by atoms with van der Waals surface area (Å²) in [6.45, 7) is 8.74. The minimum absolute atomic E-state index is 0.0582. The molecule has 190 valence electrons. The van der Waals surface area contributed by atoms with Gasteiger partial charge in [-0.25, -0.2) is 9.97 Å². The van der Waals surface area contributed by atoms with Crippen LogP contribution in [0.25, 0.3) is 22.3 Å². The van der Waals surface area contributed by atoms with Crippen LogP contribution < -0.4 is 9.64 Å². The van der Waals surface area contributed by atoms with Crippen molar-refractivity contribution in [3.63, 3.8) is 0 Å². The van der Waals surface area contributed by atoms with E-state index in [1.165, 1.54) is 0 Å². The summed E-state index contributed by atoms with van der Waals surface area (Å²) in [7, 11) is 1.61. The van der Waals surface area contributed by atoms with Crippen molar-refractivity contribution < 1.29 is 14.3 Å². The molecule has 0 unspecified atom stereocenters. The highest BCUT2D eigenvalue weighted by atomic mass is 16.5. The van der Waals surface area contributed by atoms with E-state index in [1.807, 2.05) is 35.4 Å². The topological polar surface area (TPSA) is 83.6 Å². The number of hydrogen-bond donors (Lipinski definition) is 1. The van der Waals surface area contributed by atoms with Crippen molar-refractivity contribution in [3.8, 4) is 17.1 Å². The predicted molar refractivity (Wildman–Crippen MR) is 143 cm³/mol. The molecule has 0 radical (unpaired) electrons. The van der Waals surface area contributed by atoms with Crippen molar-refractivity contribution in [2.75, 3.05) is 31.8 Å². The van der Waals surface area contributed by atoms with E-state index >= 15 is 0 Å². The number of amides is 1. The maximum absolute atomic E-state index is 13.8. The Morgan fingerprint density at radius 2 is 2.00 bits per heavy atom. The number of H-pyrrole nitrogens is 1. The van der Waals surface area contributed by atoms with Gasteiger partial charge < -0.3 is 24.3 Å². The lowest BCUT2D eigenvalue weighted by atomic mass is 9.98. The van der Waals surface area contributed by atoms with Crippen LogP contribution in [0.1, 0.15) is 42.4 Å². The third-order valence-electron chi connectivity index (χ3n) is 7.59. The summed E-state index contributed by atoms with van der Waals surface area (Å²) in [6.07, 6.45) is 1.94. The largest absolute Gasteiger partial charge is 0.497 e. The number of nitrogens with one attached hydrogen (secondary N) is 1. The number of aromatic amines is 1. The first-order valence-electron chi connectivity index (χ1n) is 12.7. The lowest BCUT2D eigenvalue weighted by Crippen LogP contribution is -2.44. The zero-order chi connectivity index (χ0) is 25.7. The summed E-state index contributed by atoms with van der Waals surface area (Å²) in [5.74, 6) is 2.15. The lowest BCUT2D eigenvalue weighted by molar-refractivity contribution is 0.0570. The Hall–Kier alpha value is -3.91. The molecule has 1 saturated heterocycles. The number of morpholine rings is 1. The maximum Gasteiger partial charge on any atom is 0.255 e. The molecule has 2 aromatic heterocycles. The molecule has 37 heavy (non-hydrogen) atoms. The molecule has 0 spiro atoms. The molecule has 1 N–H and O–H groups in total. The smallest absolute Gasteiger partial charge is 0.255 e. The average molecular weight is 498 g/mol. The van der Waals surface area contributed by atoms with E-state index in [-0.39, 0.29) is 11.9 Å². The van der Waals surface area contributed by atoms with Crippen molar-refractivity contribution in [2.24, 2.45) is 0 Å². The molecule has 2 aliphatic rings. The number of fused-ring (bicyclic) bond motifs is 2. The first kappa shape index (κ1) is 23.5. The molecule has 0 bridgehead atoms. The molecule has 2 aromatic carbocycles. The second kappa shape index (κ2) is 8.88. The van der Waals surface area contributed by atoms with E-state index in [9.17, 15) is 4.79 Å². The van der Waals surface area contributed by atoms with Crippen LogP contribution in [0.2, 0.25) is 0 Å². The minimum atomic E-state index is -0.635. The van der Waals surface area contributed by atoms with Gasteiger partial charge in [0, 0.05) is 40.3 Å². The van der Waals surface area contributed by atoms with Crippen molar-refractivity contribution in [3.05, 3.63) is 71.5 Å². The Labute approximate surface area is 216 Å². The molecule has 1 atom stereocenters. The van der Waals surface area contributed by atoms with Gasteiger partial charge in [-0.3, -0.25) is 4.79 Å². The molecule has 8 nitrogen and oxygen atoms in total. The van der Waals surface area contributed by atoms with Crippen molar-refractivity contribution in [1.82, 2.24) is 19.9 Å². The molecule has 1 fully saturated rings. The second-order valence-corrected chi connectivity index (χ2v) is 10.2. The SMILES string of the molecule is COc1cccc(C(=O)N2Cc3c(N4CCOC[C@H]4C)nc(-c4cccc5[nH]ccc45)nc3C2(C)C)c1. The lowest BCUT2D eigenvalue weighted by Gasteiger charge is -2.35. The van der Waals surface area contributed by atoms with Gasteiger partial charge in [-0.05, 0) is 51.1 Å². The molecule has 2 aliphatic heterocycles.